The first-order chi connectivity index (χ1) is 10.5. The fraction of sp³-hybridized carbons (Fsp3) is 0.429. The Morgan fingerprint density at radius 1 is 1.18 bits per heavy atom. The highest BCUT2D eigenvalue weighted by Crippen LogP contribution is 2.13. The van der Waals surface area contributed by atoms with Gasteiger partial charge in [0.15, 0.2) is 5.69 Å². The molecule has 8 heteroatoms. The molecule has 1 aliphatic heterocycles. The van der Waals surface area contributed by atoms with Crippen molar-refractivity contribution in [3.63, 3.8) is 0 Å². The van der Waals surface area contributed by atoms with E-state index in [1.54, 1.807) is 0 Å². The lowest BCUT2D eigenvalue weighted by atomic mass is 10.3. The van der Waals surface area contributed by atoms with Crippen LogP contribution in [-0.4, -0.2) is 34.2 Å². The van der Waals surface area contributed by atoms with Crippen molar-refractivity contribution in [2.45, 2.75) is 32.6 Å². The van der Waals surface area contributed by atoms with E-state index in [2.05, 4.69) is 0 Å². The summed E-state index contributed by atoms with van der Waals surface area (Å²) in [6.45, 7) is 2.21. The van der Waals surface area contributed by atoms with Gasteiger partial charge in [-0.05, 0) is 12.5 Å². The molecule has 1 aromatic rings. The molecule has 2 amide bonds. The van der Waals surface area contributed by atoms with Gasteiger partial charge in [-0.2, -0.15) is 0 Å². The fourth-order valence-corrected chi connectivity index (χ4v) is 1.85. The van der Waals surface area contributed by atoms with E-state index in [0.717, 1.165) is 11.2 Å². The highest BCUT2D eigenvalue weighted by Gasteiger charge is 2.33. The first-order valence-corrected chi connectivity index (χ1v) is 6.98. The molecule has 8 nitrogen and oxygen atoms in total. The van der Waals surface area contributed by atoms with Crippen molar-refractivity contribution in [2.24, 2.45) is 0 Å². The van der Waals surface area contributed by atoms with E-state index < -0.39 is 23.3 Å². The summed E-state index contributed by atoms with van der Waals surface area (Å²) in [6.07, 6.45) is 1.57. The Morgan fingerprint density at radius 3 is 2.50 bits per heavy atom. The molecule has 0 atom stereocenters. The molecule has 0 bridgehead atoms. The number of pyridine rings is 1. The van der Waals surface area contributed by atoms with Crippen LogP contribution in [0.3, 0.4) is 0 Å². The maximum absolute atomic E-state index is 12.1. The first kappa shape index (κ1) is 15.7. The van der Waals surface area contributed by atoms with Crippen molar-refractivity contribution in [3.05, 3.63) is 34.2 Å². The Kier molecular flexibility index (Phi) is 4.92. The fourth-order valence-electron chi connectivity index (χ4n) is 1.85. The zero-order valence-corrected chi connectivity index (χ0v) is 12.1. The standard InChI is InChI=1S/C14H16N2O6/c1-2-3-9-21-15-10(5-4-6-11(15)17)14(20)22-16-12(18)7-8-13(16)19/h4-6H,2-3,7-9H2,1H3. The van der Waals surface area contributed by atoms with Crippen LogP contribution < -0.4 is 10.4 Å². The van der Waals surface area contributed by atoms with Gasteiger partial charge < -0.3 is 9.68 Å². The van der Waals surface area contributed by atoms with Crippen molar-refractivity contribution in [3.8, 4) is 0 Å². The second-order valence-corrected chi connectivity index (χ2v) is 4.69. The van der Waals surface area contributed by atoms with Gasteiger partial charge in [-0.3, -0.25) is 14.4 Å². The SMILES string of the molecule is CCCCOn1c(C(=O)ON2C(=O)CCC2=O)cccc1=O. The lowest BCUT2D eigenvalue weighted by Crippen LogP contribution is -2.36. The molecule has 22 heavy (non-hydrogen) atoms. The number of hydrogen-bond donors (Lipinski definition) is 0. The summed E-state index contributed by atoms with van der Waals surface area (Å²) in [6, 6.07) is 3.92. The van der Waals surface area contributed by atoms with E-state index in [4.69, 9.17) is 9.68 Å². The van der Waals surface area contributed by atoms with Gasteiger partial charge >= 0.3 is 5.97 Å². The molecule has 0 unspecified atom stereocenters. The molecule has 1 aliphatic rings. The van der Waals surface area contributed by atoms with E-state index in [1.165, 1.54) is 18.2 Å². The second kappa shape index (κ2) is 6.88. The van der Waals surface area contributed by atoms with E-state index in [9.17, 15) is 19.2 Å². The van der Waals surface area contributed by atoms with E-state index in [1.807, 2.05) is 6.92 Å². The van der Waals surface area contributed by atoms with Crippen molar-refractivity contribution in [1.82, 2.24) is 9.79 Å². The number of hydroxylamine groups is 2. The number of nitrogens with zero attached hydrogens (tertiary/aromatic N) is 2. The lowest BCUT2D eigenvalue weighted by Gasteiger charge is -2.15. The number of carbonyl (C=O) groups excluding carboxylic acids is 3. The quantitative estimate of drug-likeness (QED) is 0.554. The van der Waals surface area contributed by atoms with Crippen LogP contribution in [0.15, 0.2) is 23.0 Å². The highest BCUT2D eigenvalue weighted by molar-refractivity contribution is 6.02. The number of rotatable bonds is 6. The summed E-state index contributed by atoms with van der Waals surface area (Å²) in [7, 11) is 0. The average molecular weight is 308 g/mol. The topological polar surface area (TPSA) is 94.9 Å². The minimum atomic E-state index is -1.00. The normalized spacial score (nSPS) is 14.3. The molecule has 0 N–H and O–H groups in total. The molecule has 118 valence electrons. The Hall–Kier alpha value is -2.64. The van der Waals surface area contributed by atoms with Gasteiger partial charge in [-0.25, -0.2) is 4.79 Å². The average Bonchev–Trinajstić information content (AvgIpc) is 2.80. The molecule has 0 saturated carbocycles. The third-order valence-corrected chi connectivity index (χ3v) is 3.02. The largest absolute Gasteiger partial charge is 0.410 e. The maximum atomic E-state index is 12.1. The zero-order chi connectivity index (χ0) is 16.1. The number of hydrogen-bond acceptors (Lipinski definition) is 6. The van der Waals surface area contributed by atoms with Gasteiger partial charge in [0.05, 0.1) is 0 Å². The Bertz CT molecular complexity index is 635. The predicted molar refractivity (Wildman–Crippen MR) is 73.6 cm³/mol. The molecule has 2 rings (SSSR count). The van der Waals surface area contributed by atoms with Crippen LogP contribution in [0, 0.1) is 0 Å². The van der Waals surface area contributed by atoms with Gasteiger partial charge in [0.1, 0.15) is 6.61 Å². The van der Waals surface area contributed by atoms with Crippen LogP contribution in [-0.2, 0) is 14.4 Å². The molecule has 0 spiro atoms. The third-order valence-electron chi connectivity index (χ3n) is 3.02. The number of imide groups is 1. The Balaban J connectivity index is 2.18. The monoisotopic (exact) mass is 308 g/mol. The molecule has 1 aromatic heterocycles. The number of unbranched alkanes of at least 4 members (excludes halogenated alkanes) is 1. The summed E-state index contributed by atoms with van der Waals surface area (Å²) in [5, 5.41) is 0.427. The molecule has 1 saturated heterocycles. The minimum Gasteiger partial charge on any atom is -0.410 e. The number of amides is 2. The van der Waals surface area contributed by atoms with E-state index >= 15 is 0 Å². The van der Waals surface area contributed by atoms with Gasteiger partial charge in [0.25, 0.3) is 17.4 Å². The van der Waals surface area contributed by atoms with E-state index in [0.29, 0.717) is 11.5 Å². The molecule has 1 fully saturated rings. The van der Waals surface area contributed by atoms with Crippen LogP contribution in [0.1, 0.15) is 43.1 Å². The summed E-state index contributed by atoms with van der Waals surface area (Å²) < 4.78 is 0.809. The molecule has 0 aliphatic carbocycles. The number of carbonyl (C=O) groups is 3. The van der Waals surface area contributed by atoms with Gasteiger partial charge in [-0.15, -0.1) is 9.79 Å². The van der Waals surface area contributed by atoms with Crippen molar-refractivity contribution >= 4 is 17.8 Å². The lowest BCUT2D eigenvalue weighted by molar-refractivity contribution is -0.173. The zero-order valence-electron chi connectivity index (χ0n) is 12.1. The Labute approximate surface area is 126 Å². The maximum Gasteiger partial charge on any atom is 0.383 e. The van der Waals surface area contributed by atoms with Crippen LogP contribution in [0.25, 0.3) is 0 Å². The summed E-state index contributed by atoms with van der Waals surface area (Å²) in [4.78, 5) is 56.8. The first-order valence-electron chi connectivity index (χ1n) is 6.98. The molecule has 0 aromatic carbocycles. The van der Waals surface area contributed by atoms with Crippen LogP contribution in [0.4, 0.5) is 0 Å². The third kappa shape index (κ3) is 3.33. The smallest absolute Gasteiger partial charge is 0.383 e. The van der Waals surface area contributed by atoms with Crippen LogP contribution in [0.5, 0.6) is 0 Å². The second-order valence-electron chi connectivity index (χ2n) is 4.69. The number of aromatic nitrogens is 1. The summed E-state index contributed by atoms with van der Waals surface area (Å²) in [5.74, 6) is -2.18. The van der Waals surface area contributed by atoms with Gasteiger partial charge in [-0.1, -0.05) is 19.4 Å². The molecular formula is C14H16N2O6. The van der Waals surface area contributed by atoms with Gasteiger partial charge in [0.2, 0.25) is 0 Å². The van der Waals surface area contributed by atoms with Crippen LogP contribution in [0.2, 0.25) is 0 Å². The molecule has 2 heterocycles. The minimum absolute atomic E-state index is 0.000703. The van der Waals surface area contributed by atoms with Gasteiger partial charge in [0, 0.05) is 18.9 Å². The van der Waals surface area contributed by atoms with E-state index in [-0.39, 0.29) is 25.1 Å². The molecule has 0 radical (unpaired) electrons. The highest BCUT2D eigenvalue weighted by atomic mass is 16.7. The Morgan fingerprint density at radius 2 is 1.86 bits per heavy atom. The van der Waals surface area contributed by atoms with Crippen molar-refractivity contribution in [1.29, 1.82) is 0 Å². The summed E-state index contributed by atoms with van der Waals surface area (Å²) >= 11 is 0. The van der Waals surface area contributed by atoms with Crippen LogP contribution >= 0.6 is 0 Å². The van der Waals surface area contributed by atoms with Crippen molar-refractivity contribution in [2.75, 3.05) is 6.61 Å². The summed E-state index contributed by atoms with van der Waals surface area (Å²) in [5.41, 5.74) is -0.722. The molecular weight excluding hydrogens is 292 g/mol. The predicted octanol–water partition coefficient (Wildman–Crippen LogP) is 0.298. The van der Waals surface area contributed by atoms with Crippen molar-refractivity contribution < 1.29 is 24.1 Å².